The van der Waals surface area contributed by atoms with Crippen LogP contribution in [-0.2, 0) is 0 Å². The van der Waals surface area contributed by atoms with Gasteiger partial charge in [-0.05, 0) is 6.07 Å². The van der Waals surface area contributed by atoms with E-state index in [1.807, 2.05) is 6.07 Å². The molecule has 0 saturated heterocycles. The minimum Gasteiger partial charge on any atom is -0.394 e. The number of hydrogen-bond donors (Lipinski definition) is 4. The number of nitrogens with two attached hydrogens (primary N) is 1. The zero-order valence-electron chi connectivity index (χ0n) is 11.3. The molecule has 0 aromatic carbocycles. The highest BCUT2D eigenvalue weighted by Crippen LogP contribution is 2.30. The molecule has 3 atom stereocenters. The van der Waals surface area contributed by atoms with Crippen LogP contribution in [0.2, 0.25) is 0 Å². The van der Waals surface area contributed by atoms with Crippen molar-refractivity contribution >= 4 is 11.6 Å². The normalized spacial score (nSPS) is 23.4. The van der Waals surface area contributed by atoms with Crippen LogP contribution in [-0.4, -0.2) is 48.1 Å². The van der Waals surface area contributed by atoms with Gasteiger partial charge in [0.1, 0.15) is 30.0 Å². The van der Waals surface area contributed by atoms with Crippen LogP contribution in [0.15, 0.2) is 23.4 Å². The number of nitrogens with one attached hydrogen (secondary N) is 1. The number of nitrogens with zero attached hydrogens (tertiary/aromatic N) is 5. The van der Waals surface area contributed by atoms with Gasteiger partial charge in [-0.2, -0.15) is 10.2 Å². The molecule has 2 aromatic heterocycles. The van der Waals surface area contributed by atoms with Crippen LogP contribution in [0.4, 0.5) is 11.6 Å². The summed E-state index contributed by atoms with van der Waals surface area (Å²) in [4.78, 5) is 19.6. The quantitative estimate of drug-likeness (QED) is 0.501. The van der Waals surface area contributed by atoms with Gasteiger partial charge in [0.2, 0.25) is 0 Å². The minimum absolute atomic E-state index is 0.0620. The molecule has 1 aliphatic rings. The first kappa shape index (κ1) is 14.1. The van der Waals surface area contributed by atoms with Crippen LogP contribution >= 0.6 is 0 Å². The highest BCUT2D eigenvalue weighted by Gasteiger charge is 2.38. The summed E-state index contributed by atoms with van der Waals surface area (Å²) in [6.45, 7) is -0.384. The third-order valence-electron chi connectivity index (χ3n) is 3.56. The fourth-order valence-electron chi connectivity index (χ4n) is 2.50. The molecule has 0 radical (unpaired) electrons. The monoisotopic (exact) mass is 303 g/mol. The summed E-state index contributed by atoms with van der Waals surface area (Å²) in [6, 6.07) is 2.57. The topological polar surface area (TPSA) is 155 Å². The van der Waals surface area contributed by atoms with Gasteiger partial charge in [0, 0.05) is 6.20 Å². The molecule has 10 nitrogen and oxygen atoms in total. The number of aliphatic hydroxyl groups is 2. The van der Waals surface area contributed by atoms with Crippen molar-refractivity contribution in [3.05, 3.63) is 34.8 Å². The molecule has 3 rings (SSSR count). The van der Waals surface area contributed by atoms with Gasteiger partial charge in [-0.25, -0.2) is 9.78 Å². The molecule has 0 saturated carbocycles. The molecule has 0 amide bonds. The molecular weight excluding hydrogens is 290 g/mol. The van der Waals surface area contributed by atoms with Crippen LogP contribution in [0.3, 0.4) is 0 Å². The van der Waals surface area contributed by atoms with E-state index in [2.05, 4.69) is 15.3 Å². The Hall–Kier alpha value is -2.90. The van der Waals surface area contributed by atoms with Crippen molar-refractivity contribution in [2.24, 2.45) is 0 Å². The van der Waals surface area contributed by atoms with E-state index in [1.54, 1.807) is 0 Å². The molecule has 2 aromatic rings. The summed E-state index contributed by atoms with van der Waals surface area (Å²) in [7, 11) is 0. The first-order chi connectivity index (χ1) is 10.6. The zero-order valence-corrected chi connectivity index (χ0v) is 11.3. The van der Waals surface area contributed by atoms with Crippen molar-refractivity contribution in [2.45, 2.75) is 18.3 Å². The molecule has 22 heavy (non-hydrogen) atoms. The molecular formula is C12H13N7O3. The predicted octanol–water partition coefficient (Wildman–Crippen LogP) is -1.91. The maximum atomic E-state index is 12.0. The number of rotatable bonds is 2. The van der Waals surface area contributed by atoms with E-state index < -0.39 is 24.0 Å². The second-order valence-electron chi connectivity index (χ2n) is 4.84. The van der Waals surface area contributed by atoms with Crippen LogP contribution in [0.1, 0.15) is 11.9 Å². The SMILES string of the molecule is N#Cc1ncn2c1NC(CO)C(O)C2n1ccc(N)nc1=O. The maximum Gasteiger partial charge on any atom is 0.351 e. The molecule has 0 bridgehead atoms. The van der Waals surface area contributed by atoms with Crippen molar-refractivity contribution in [2.75, 3.05) is 17.7 Å². The Morgan fingerprint density at radius 1 is 1.50 bits per heavy atom. The lowest BCUT2D eigenvalue weighted by Gasteiger charge is -2.37. The summed E-state index contributed by atoms with van der Waals surface area (Å²) in [5.74, 6) is 0.382. The number of hydrogen-bond acceptors (Lipinski definition) is 8. The van der Waals surface area contributed by atoms with Crippen LogP contribution in [0.25, 0.3) is 0 Å². The Morgan fingerprint density at radius 3 is 2.91 bits per heavy atom. The second kappa shape index (κ2) is 5.14. The van der Waals surface area contributed by atoms with Gasteiger partial charge in [-0.15, -0.1) is 0 Å². The van der Waals surface area contributed by atoms with E-state index in [1.165, 1.54) is 27.7 Å². The molecule has 0 spiro atoms. The molecule has 0 aliphatic carbocycles. The van der Waals surface area contributed by atoms with Crippen LogP contribution in [0, 0.1) is 11.3 Å². The lowest BCUT2D eigenvalue weighted by molar-refractivity contribution is 0.0480. The minimum atomic E-state index is -1.14. The number of nitriles is 1. The molecule has 10 heteroatoms. The van der Waals surface area contributed by atoms with Gasteiger partial charge < -0.3 is 21.3 Å². The standard InChI is InChI=1S/C12H13N7O3/c13-3-6-10-16-7(4-20)9(21)11(19(10)5-15-6)18-2-1-8(14)17-12(18)22/h1-2,5,7,9,11,16,20-21H,4H2,(H2,14,17,22). The Bertz CT molecular complexity index is 806. The Kier molecular flexibility index (Phi) is 3.28. The van der Waals surface area contributed by atoms with Crippen molar-refractivity contribution in [3.8, 4) is 6.07 Å². The first-order valence-corrected chi connectivity index (χ1v) is 6.44. The summed E-state index contributed by atoms with van der Waals surface area (Å²) in [6.07, 6.45) is 0.698. The van der Waals surface area contributed by atoms with Crippen molar-refractivity contribution in [1.82, 2.24) is 19.1 Å². The average Bonchev–Trinajstić information content (AvgIpc) is 2.90. The largest absolute Gasteiger partial charge is 0.394 e. The molecule has 114 valence electrons. The first-order valence-electron chi connectivity index (χ1n) is 6.44. The number of aliphatic hydroxyl groups excluding tert-OH is 2. The third kappa shape index (κ3) is 2.00. The predicted molar refractivity (Wildman–Crippen MR) is 74.8 cm³/mol. The molecule has 3 unspecified atom stereocenters. The molecule has 1 aliphatic heterocycles. The van der Waals surface area contributed by atoms with E-state index in [9.17, 15) is 15.0 Å². The van der Waals surface area contributed by atoms with E-state index in [-0.39, 0.29) is 18.1 Å². The summed E-state index contributed by atoms with van der Waals surface area (Å²) in [5, 5.41) is 31.8. The average molecular weight is 303 g/mol. The highest BCUT2D eigenvalue weighted by atomic mass is 16.3. The van der Waals surface area contributed by atoms with Crippen molar-refractivity contribution in [1.29, 1.82) is 5.26 Å². The van der Waals surface area contributed by atoms with Gasteiger partial charge in [-0.1, -0.05) is 0 Å². The summed E-state index contributed by atoms with van der Waals surface area (Å²) in [5.41, 5.74) is 4.92. The Balaban J connectivity index is 2.19. The van der Waals surface area contributed by atoms with E-state index in [0.29, 0.717) is 5.82 Å². The summed E-state index contributed by atoms with van der Waals surface area (Å²) >= 11 is 0. The second-order valence-corrected chi connectivity index (χ2v) is 4.84. The Morgan fingerprint density at radius 2 is 2.27 bits per heavy atom. The fraction of sp³-hybridized carbons (Fsp3) is 0.333. The van der Waals surface area contributed by atoms with E-state index in [0.717, 1.165) is 0 Å². The summed E-state index contributed by atoms with van der Waals surface area (Å²) < 4.78 is 2.63. The smallest absolute Gasteiger partial charge is 0.351 e. The van der Waals surface area contributed by atoms with Crippen molar-refractivity contribution < 1.29 is 10.2 Å². The van der Waals surface area contributed by atoms with E-state index in [4.69, 9.17) is 11.0 Å². The molecule has 0 fully saturated rings. The zero-order chi connectivity index (χ0) is 15.9. The fourth-order valence-corrected chi connectivity index (χ4v) is 2.50. The van der Waals surface area contributed by atoms with Crippen molar-refractivity contribution in [3.63, 3.8) is 0 Å². The van der Waals surface area contributed by atoms with Gasteiger partial charge in [0.05, 0.1) is 19.0 Å². The lowest BCUT2D eigenvalue weighted by atomic mass is 10.1. The van der Waals surface area contributed by atoms with Gasteiger partial charge in [0.15, 0.2) is 5.69 Å². The van der Waals surface area contributed by atoms with Crippen LogP contribution in [0.5, 0.6) is 0 Å². The number of anilines is 2. The molecule has 3 heterocycles. The number of aromatic nitrogens is 4. The van der Waals surface area contributed by atoms with Gasteiger partial charge in [-0.3, -0.25) is 9.13 Å². The van der Waals surface area contributed by atoms with E-state index >= 15 is 0 Å². The van der Waals surface area contributed by atoms with Crippen LogP contribution < -0.4 is 16.7 Å². The van der Waals surface area contributed by atoms with Gasteiger partial charge >= 0.3 is 5.69 Å². The number of nitrogen functional groups attached to an aromatic ring is 1. The third-order valence-corrected chi connectivity index (χ3v) is 3.56. The highest BCUT2D eigenvalue weighted by molar-refractivity contribution is 5.52. The lowest BCUT2D eigenvalue weighted by Crippen LogP contribution is -2.51. The van der Waals surface area contributed by atoms with Gasteiger partial charge in [0.25, 0.3) is 0 Å². The Labute approximate surface area is 124 Å². The maximum absolute atomic E-state index is 12.0. The number of fused-ring (bicyclic) bond motifs is 1. The number of imidazole rings is 1. The molecule has 5 N–H and O–H groups in total.